The molecule has 0 aromatic carbocycles. The summed E-state index contributed by atoms with van der Waals surface area (Å²) < 4.78 is 28.5. The minimum Gasteiger partial charge on any atom is -0.302 e. The van der Waals surface area contributed by atoms with Crippen LogP contribution < -0.4 is 5.32 Å². The van der Waals surface area contributed by atoms with Crippen LogP contribution in [0, 0.1) is 5.41 Å². The quantitative estimate of drug-likeness (QED) is 0.665. The van der Waals surface area contributed by atoms with Gasteiger partial charge in [-0.1, -0.05) is 0 Å². The van der Waals surface area contributed by atoms with Crippen LogP contribution in [0.1, 0.15) is 54.8 Å². The Morgan fingerprint density at radius 1 is 1.37 bits per heavy atom. The first-order valence-corrected chi connectivity index (χ1v) is 10.7. The molecule has 2 aliphatic rings. The molecule has 0 bridgehead atoms. The number of likely N-dealkylation sites (tertiary alicyclic amines) is 1. The van der Waals surface area contributed by atoms with Crippen LogP contribution in [0.15, 0.2) is 18.6 Å². The molecule has 1 saturated heterocycles. The molecule has 1 spiro atoms. The van der Waals surface area contributed by atoms with Crippen molar-refractivity contribution in [3.8, 4) is 0 Å². The van der Waals surface area contributed by atoms with E-state index in [-0.39, 0.29) is 28.7 Å². The Hall–Kier alpha value is -2.53. The van der Waals surface area contributed by atoms with Crippen molar-refractivity contribution >= 4 is 28.2 Å². The zero-order chi connectivity index (χ0) is 20.9. The van der Waals surface area contributed by atoms with Crippen molar-refractivity contribution in [2.45, 2.75) is 45.1 Å². The Morgan fingerprint density at radius 2 is 2.20 bits per heavy atom. The highest BCUT2D eigenvalue weighted by atomic mass is 32.1. The standard InChI is InChI=1S/C19H21F2N7OS/c1-11(29)25-18-22-7-12(30-18)8-27-5-4-19(2-3-19)13(9-27)15-6-14(16(20)21)26-17-23-10-24-28(15)17/h6-7,10,13,16H,2-5,8-9H2,1H3,(H,22,25,29). The number of hydrogen-bond donors (Lipinski definition) is 1. The second kappa shape index (κ2) is 7.31. The van der Waals surface area contributed by atoms with Crippen molar-refractivity contribution in [2.75, 3.05) is 18.4 Å². The third-order valence-corrected chi connectivity index (χ3v) is 6.99. The molecule has 1 unspecified atom stereocenters. The normalized spacial score (nSPS) is 20.9. The van der Waals surface area contributed by atoms with Crippen LogP contribution in [0.25, 0.3) is 5.78 Å². The monoisotopic (exact) mass is 433 g/mol. The van der Waals surface area contributed by atoms with Gasteiger partial charge >= 0.3 is 0 Å². The molecule has 30 heavy (non-hydrogen) atoms. The molecular weight excluding hydrogens is 412 g/mol. The zero-order valence-corrected chi connectivity index (χ0v) is 17.2. The summed E-state index contributed by atoms with van der Waals surface area (Å²) in [5, 5.41) is 7.55. The van der Waals surface area contributed by atoms with Crippen molar-refractivity contribution in [1.82, 2.24) is 29.5 Å². The number of piperidine rings is 1. The Kier molecular flexibility index (Phi) is 4.73. The lowest BCUT2D eigenvalue weighted by Gasteiger charge is -2.39. The fourth-order valence-corrected chi connectivity index (χ4v) is 5.33. The van der Waals surface area contributed by atoms with Gasteiger partial charge in [0.2, 0.25) is 5.91 Å². The maximum Gasteiger partial charge on any atom is 0.280 e. The lowest BCUT2D eigenvalue weighted by atomic mass is 9.79. The van der Waals surface area contributed by atoms with E-state index in [1.54, 1.807) is 10.7 Å². The molecule has 5 rings (SSSR count). The van der Waals surface area contributed by atoms with Crippen molar-refractivity contribution in [2.24, 2.45) is 5.41 Å². The van der Waals surface area contributed by atoms with Gasteiger partial charge in [0.15, 0.2) is 5.13 Å². The molecule has 1 N–H and O–H groups in total. The Labute approximate surface area is 175 Å². The molecule has 2 fully saturated rings. The van der Waals surface area contributed by atoms with Crippen molar-refractivity contribution in [3.05, 3.63) is 34.9 Å². The predicted octanol–water partition coefficient (Wildman–Crippen LogP) is 3.25. The van der Waals surface area contributed by atoms with Crippen LogP contribution in [0.3, 0.4) is 0 Å². The summed E-state index contributed by atoms with van der Waals surface area (Å²) in [6.07, 6.45) is 3.70. The van der Waals surface area contributed by atoms with E-state index in [9.17, 15) is 13.6 Å². The number of halogens is 2. The SMILES string of the molecule is CC(=O)Nc1ncc(CN2CCC3(CC3)C(c3cc(C(F)F)nc4ncnn34)C2)s1. The summed E-state index contributed by atoms with van der Waals surface area (Å²) in [6.45, 7) is 3.85. The Morgan fingerprint density at radius 3 is 2.93 bits per heavy atom. The molecular formula is C19H21F2N7OS. The summed E-state index contributed by atoms with van der Waals surface area (Å²) in [5.41, 5.74) is 0.657. The van der Waals surface area contributed by atoms with Crippen LogP contribution in [0.4, 0.5) is 13.9 Å². The van der Waals surface area contributed by atoms with Gasteiger partial charge in [-0.05, 0) is 37.3 Å². The Balaban J connectivity index is 1.42. The van der Waals surface area contributed by atoms with Crippen LogP contribution >= 0.6 is 11.3 Å². The van der Waals surface area contributed by atoms with E-state index in [1.807, 2.05) is 0 Å². The highest BCUT2D eigenvalue weighted by molar-refractivity contribution is 7.15. The number of nitrogens with zero attached hydrogens (tertiary/aromatic N) is 6. The zero-order valence-electron chi connectivity index (χ0n) is 16.4. The average Bonchev–Trinajstić information content (AvgIpc) is 3.10. The number of fused-ring (bicyclic) bond motifs is 1. The smallest absolute Gasteiger partial charge is 0.280 e. The van der Waals surface area contributed by atoms with Crippen LogP contribution in [0.5, 0.6) is 0 Å². The van der Waals surface area contributed by atoms with E-state index in [4.69, 9.17) is 0 Å². The third kappa shape index (κ3) is 3.56. The molecule has 1 atom stereocenters. The number of carbonyl (C=O) groups is 1. The molecule has 3 aromatic rings. The Bertz CT molecular complexity index is 1090. The number of alkyl halides is 2. The second-order valence-corrected chi connectivity index (χ2v) is 9.21. The van der Waals surface area contributed by atoms with E-state index < -0.39 is 6.43 Å². The van der Waals surface area contributed by atoms with Crippen molar-refractivity contribution in [1.29, 1.82) is 0 Å². The van der Waals surface area contributed by atoms with E-state index in [0.717, 1.165) is 42.9 Å². The summed E-state index contributed by atoms with van der Waals surface area (Å²) in [7, 11) is 0. The van der Waals surface area contributed by atoms with Crippen LogP contribution in [-0.4, -0.2) is 48.5 Å². The molecule has 4 heterocycles. The van der Waals surface area contributed by atoms with E-state index >= 15 is 0 Å². The van der Waals surface area contributed by atoms with Gasteiger partial charge in [0.05, 0.1) is 5.69 Å². The van der Waals surface area contributed by atoms with Gasteiger partial charge in [-0.3, -0.25) is 9.69 Å². The molecule has 1 saturated carbocycles. The third-order valence-electron chi connectivity index (χ3n) is 6.09. The second-order valence-electron chi connectivity index (χ2n) is 8.09. The molecule has 11 heteroatoms. The summed E-state index contributed by atoms with van der Waals surface area (Å²) >= 11 is 1.46. The van der Waals surface area contributed by atoms with Gasteiger partial charge in [0.1, 0.15) is 12.0 Å². The van der Waals surface area contributed by atoms with Crippen molar-refractivity contribution < 1.29 is 13.6 Å². The van der Waals surface area contributed by atoms with Crippen LogP contribution in [-0.2, 0) is 11.3 Å². The first-order valence-electron chi connectivity index (χ1n) is 9.87. The van der Waals surface area contributed by atoms with Gasteiger partial charge in [0.25, 0.3) is 12.2 Å². The largest absolute Gasteiger partial charge is 0.302 e. The molecule has 0 radical (unpaired) electrons. The van der Waals surface area contributed by atoms with Gasteiger partial charge in [-0.25, -0.2) is 23.3 Å². The predicted molar refractivity (Wildman–Crippen MR) is 106 cm³/mol. The molecule has 1 aliphatic carbocycles. The summed E-state index contributed by atoms with van der Waals surface area (Å²) in [4.78, 5) is 26.9. The van der Waals surface area contributed by atoms with E-state index in [0.29, 0.717) is 11.7 Å². The lowest BCUT2D eigenvalue weighted by Crippen LogP contribution is -2.40. The molecule has 158 valence electrons. The summed E-state index contributed by atoms with van der Waals surface area (Å²) in [6, 6.07) is 1.50. The number of rotatable bonds is 5. The number of carbonyl (C=O) groups excluding carboxylic acids is 1. The number of thiazole rings is 1. The average molecular weight is 433 g/mol. The topological polar surface area (TPSA) is 88.3 Å². The van der Waals surface area contributed by atoms with Gasteiger partial charge in [0, 0.05) is 37.0 Å². The number of aromatic nitrogens is 5. The first-order chi connectivity index (χ1) is 14.4. The number of hydrogen-bond acceptors (Lipinski definition) is 7. The minimum atomic E-state index is -2.65. The van der Waals surface area contributed by atoms with Gasteiger partial charge in [-0.2, -0.15) is 10.1 Å². The highest BCUT2D eigenvalue weighted by Gasteiger charge is 2.53. The van der Waals surface area contributed by atoms with E-state index in [1.165, 1.54) is 30.7 Å². The molecule has 3 aromatic heterocycles. The highest BCUT2D eigenvalue weighted by Crippen LogP contribution is 2.60. The van der Waals surface area contributed by atoms with E-state index in [2.05, 4.69) is 30.3 Å². The summed E-state index contributed by atoms with van der Waals surface area (Å²) in [5.74, 6) is 0.158. The number of anilines is 1. The fraction of sp³-hybridized carbons (Fsp3) is 0.526. The van der Waals surface area contributed by atoms with Gasteiger partial charge < -0.3 is 5.32 Å². The molecule has 1 amide bonds. The maximum absolute atomic E-state index is 13.4. The van der Waals surface area contributed by atoms with Gasteiger partial charge in [-0.15, -0.1) is 11.3 Å². The minimum absolute atomic E-state index is 0.0821. The lowest BCUT2D eigenvalue weighted by molar-refractivity contribution is -0.114. The maximum atomic E-state index is 13.4. The van der Waals surface area contributed by atoms with Crippen LogP contribution in [0.2, 0.25) is 0 Å². The fourth-order valence-electron chi connectivity index (χ4n) is 4.43. The van der Waals surface area contributed by atoms with Crippen molar-refractivity contribution in [3.63, 3.8) is 0 Å². The number of nitrogens with one attached hydrogen (secondary N) is 1. The molecule has 8 nitrogen and oxygen atoms in total. The number of amides is 1. The molecule has 1 aliphatic heterocycles. The first kappa shape index (κ1) is 19.4.